The molecule has 0 aromatic heterocycles. The summed E-state index contributed by atoms with van der Waals surface area (Å²) in [6.45, 7) is 6.96. The van der Waals surface area contributed by atoms with Crippen molar-refractivity contribution in [1.29, 1.82) is 0 Å². The molecule has 2 N–H and O–H groups in total. The Kier molecular flexibility index (Phi) is 4.51. The number of hydrogen-bond donors (Lipinski definition) is 2. The molecule has 17 heavy (non-hydrogen) atoms. The zero-order valence-corrected chi connectivity index (χ0v) is 10.8. The number of aliphatic carboxylic acids is 1. The fourth-order valence-electron chi connectivity index (χ4n) is 2.02. The smallest absolute Gasteiger partial charge is 0.305 e. The molecule has 0 bridgehead atoms. The average molecular weight is 242 g/mol. The Hall–Kier alpha value is -1.10. The summed E-state index contributed by atoms with van der Waals surface area (Å²) in [7, 11) is 0. The number of hydrogen-bond acceptors (Lipinski definition) is 3. The second-order valence-corrected chi connectivity index (χ2v) is 5.58. The number of nitrogens with one attached hydrogen (secondary N) is 1. The lowest BCUT2D eigenvalue weighted by Gasteiger charge is -2.26. The van der Waals surface area contributed by atoms with E-state index >= 15 is 0 Å². The van der Waals surface area contributed by atoms with Crippen LogP contribution in [-0.2, 0) is 9.59 Å². The van der Waals surface area contributed by atoms with Crippen LogP contribution >= 0.6 is 0 Å². The Morgan fingerprint density at radius 3 is 2.59 bits per heavy atom. The molecule has 1 heterocycles. The third-order valence-corrected chi connectivity index (χ3v) is 2.88. The maximum Gasteiger partial charge on any atom is 0.305 e. The molecule has 1 amide bonds. The molecule has 1 atom stereocenters. The standard InChI is InChI=1S/C12H22N2O3/c1-12(2,3)13-8-10(15)14-6-4-5-9(14)7-11(16)17/h9,13H,4-8H2,1-3H3,(H,16,17). The van der Waals surface area contributed by atoms with Gasteiger partial charge in [0, 0.05) is 18.1 Å². The van der Waals surface area contributed by atoms with Crippen molar-refractivity contribution < 1.29 is 14.7 Å². The van der Waals surface area contributed by atoms with Crippen molar-refractivity contribution in [1.82, 2.24) is 10.2 Å². The Morgan fingerprint density at radius 1 is 1.41 bits per heavy atom. The summed E-state index contributed by atoms with van der Waals surface area (Å²) in [4.78, 5) is 24.3. The summed E-state index contributed by atoms with van der Waals surface area (Å²) >= 11 is 0. The van der Waals surface area contributed by atoms with E-state index in [-0.39, 0.29) is 30.5 Å². The van der Waals surface area contributed by atoms with Gasteiger partial charge in [-0.1, -0.05) is 0 Å². The first kappa shape index (κ1) is 14.0. The highest BCUT2D eigenvalue weighted by molar-refractivity contribution is 5.80. The van der Waals surface area contributed by atoms with Gasteiger partial charge in [0.2, 0.25) is 5.91 Å². The molecule has 5 nitrogen and oxygen atoms in total. The van der Waals surface area contributed by atoms with E-state index in [1.54, 1.807) is 4.90 Å². The van der Waals surface area contributed by atoms with Crippen LogP contribution in [-0.4, -0.2) is 46.6 Å². The molecule has 1 aliphatic heterocycles. The summed E-state index contributed by atoms with van der Waals surface area (Å²) in [5, 5.41) is 11.9. The van der Waals surface area contributed by atoms with Crippen molar-refractivity contribution in [3.8, 4) is 0 Å². The Bertz CT molecular complexity index is 297. The summed E-state index contributed by atoms with van der Waals surface area (Å²) < 4.78 is 0. The van der Waals surface area contributed by atoms with Crippen LogP contribution < -0.4 is 5.32 Å². The number of carboxylic acids is 1. The van der Waals surface area contributed by atoms with E-state index in [4.69, 9.17) is 5.11 Å². The quantitative estimate of drug-likeness (QED) is 0.766. The molecule has 0 aliphatic carbocycles. The molecule has 0 saturated carbocycles. The van der Waals surface area contributed by atoms with Crippen LogP contribution in [0.4, 0.5) is 0 Å². The molecular weight excluding hydrogens is 220 g/mol. The van der Waals surface area contributed by atoms with Crippen LogP contribution in [0.5, 0.6) is 0 Å². The number of rotatable bonds is 4. The molecule has 0 aromatic carbocycles. The molecule has 1 saturated heterocycles. The summed E-state index contributed by atoms with van der Waals surface area (Å²) in [6, 6.07) is -0.123. The molecule has 0 aromatic rings. The van der Waals surface area contributed by atoms with Crippen LogP contribution in [0.2, 0.25) is 0 Å². The second kappa shape index (κ2) is 5.49. The van der Waals surface area contributed by atoms with Crippen LogP contribution in [0.3, 0.4) is 0 Å². The van der Waals surface area contributed by atoms with Crippen molar-refractivity contribution in [2.45, 2.75) is 51.6 Å². The first-order valence-corrected chi connectivity index (χ1v) is 6.06. The minimum atomic E-state index is -0.835. The maximum absolute atomic E-state index is 12.0. The van der Waals surface area contributed by atoms with E-state index < -0.39 is 5.97 Å². The van der Waals surface area contributed by atoms with Crippen LogP contribution in [0.15, 0.2) is 0 Å². The molecule has 5 heteroatoms. The molecule has 0 spiro atoms. The fourth-order valence-corrected chi connectivity index (χ4v) is 2.02. The second-order valence-electron chi connectivity index (χ2n) is 5.58. The largest absolute Gasteiger partial charge is 0.481 e. The first-order chi connectivity index (χ1) is 7.79. The van der Waals surface area contributed by atoms with Gasteiger partial charge in [-0.25, -0.2) is 0 Å². The van der Waals surface area contributed by atoms with Crippen molar-refractivity contribution in [3.05, 3.63) is 0 Å². The molecule has 1 rings (SSSR count). The lowest BCUT2D eigenvalue weighted by atomic mass is 10.1. The Balaban J connectivity index is 2.47. The van der Waals surface area contributed by atoms with Crippen molar-refractivity contribution in [2.75, 3.05) is 13.1 Å². The lowest BCUT2D eigenvalue weighted by Crippen LogP contribution is -2.46. The predicted molar refractivity (Wildman–Crippen MR) is 64.7 cm³/mol. The van der Waals surface area contributed by atoms with Gasteiger partial charge in [0.05, 0.1) is 13.0 Å². The van der Waals surface area contributed by atoms with Gasteiger partial charge in [-0.15, -0.1) is 0 Å². The number of carboxylic acid groups (broad SMARTS) is 1. The fraction of sp³-hybridized carbons (Fsp3) is 0.833. The zero-order valence-electron chi connectivity index (χ0n) is 10.8. The molecular formula is C12H22N2O3. The van der Waals surface area contributed by atoms with E-state index in [0.29, 0.717) is 6.54 Å². The maximum atomic E-state index is 12.0. The monoisotopic (exact) mass is 242 g/mol. The van der Waals surface area contributed by atoms with E-state index in [2.05, 4.69) is 5.32 Å². The highest BCUT2D eigenvalue weighted by Gasteiger charge is 2.30. The third kappa shape index (κ3) is 4.73. The van der Waals surface area contributed by atoms with E-state index in [9.17, 15) is 9.59 Å². The molecule has 98 valence electrons. The normalized spacial score (nSPS) is 20.6. The molecule has 1 unspecified atom stereocenters. The first-order valence-electron chi connectivity index (χ1n) is 6.06. The third-order valence-electron chi connectivity index (χ3n) is 2.88. The van der Waals surface area contributed by atoms with E-state index in [0.717, 1.165) is 12.8 Å². The Morgan fingerprint density at radius 2 is 2.06 bits per heavy atom. The average Bonchev–Trinajstić information content (AvgIpc) is 2.60. The van der Waals surface area contributed by atoms with Crippen LogP contribution in [0.1, 0.15) is 40.0 Å². The zero-order chi connectivity index (χ0) is 13.1. The minimum Gasteiger partial charge on any atom is -0.481 e. The van der Waals surface area contributed by atoms with Gasteiger partial charge in [0.15, 0.2) is 0 Å². The predicted octanol–water partition coefficient (Wildman–Crippen LogP) is 0.840. The van der Waals surface area contributed by atoms with Gasteiger partial charge < -0.3 is 15.3 Å². The lowest BCUT2D eigenvalue weighted by molar-refractivity contribution is -0.139. The Labute approximate surface area is 102 Å². The van der Waals surface area contributed by atoms with Crippen molar-refractivity contribution >= 4 is 11.9 Å². The molecule has 1 aliphatic rings. The number of nitrogens with zero attached hydrogens (tertiary/aromatic N) is 1. The van der Waals surface area contributed by atoms with Gasteiger partial charge in [-0.2, -0.15) is 0 Å². The van der Waals surface area contributed by atoms with E-state index in [1.165, 1.54) is 0 Å². The summed E-state index contributed by atoms with van der Waals surface area (Å²) in [5.74, 6) is -0.831. The SMILES string of the molecule is CC(C)(C)NCC(=O)N1CCCC1CC(=O)O. The molecule has 1 fully saturated rings. The van der Waals surface area contributed by atoms with E-state index in [1.807, 2.05) is 20.8 Å². The van der Waals surface area contributed by atoms with Gasteiger partial charge in [0.25, 0.3) is 0 Å². The highest BCUT2D eigenvalue weighted by Crippen LogP contribution is 2.20. The van der Waals surface area contributed by atoms with Gasteiger partial charge >= 0.3 is 5.97 Å². The summed E-state index contributed by atoms with van der Waals surface area (Å²) in [5.41, 5.74) is -0.0995. The topological polar surface area (TPSA) is 69.6 Å². The van der Waals surface area contributed by atoms with Gasteiger partial charge in [0.1, 0.15) is 0 Å². The van der Waals surface area contributed by atoms with Gasteiger partial charge in [-0.3, -0.25) is 9.59 Å². The number of likely N-dealkylation sites (tertiary alicyclic amines) is 1. The summed E-state index contributed by atoms with van der Waals surface area (Å²) in [6.07, 6.45) is 1.76. The van der Waals surface area contributed by atoms with Crippen molar-refractivity contribution in [3.63, 3.8) is 0 Å². The number of carbonyl (C=O) groups is 2. The number of carbonyl (C=O) groups excluding carboxylic acids is 1. The number of amides is 1. The minimum absolute atomic E-state index is 0.00340. The van der Waals surface area contributed by atoms with Gasteiger partial charge in [-0.05, 0) is 33.6 Å². The highest BCUT2D eigenvalue weighted by atomic mass is 16.4. The van der Waals surface area contributed by atoms with Crippen LogP contribution in [0.25, 0.3) is 0 Å². The molecule has 0 radical (unpaired) electrons. The van der Waals surface area contributed by atoms with Crippen molar-refractivity contribution in [2.24, 2.45) is 0 Å². The van der Waals surface area contributed by atoms with Crippen LogP contribution in [0, 0.1) is 0 Å².